The second-order valence-corrected chi connectivity index (χ2v) is 4.52. The zero-order valence-electron chi connectivity index (χ0n) is 10.6. The molecule has 0 bridgehead atoms. The summed E-state index contributed by atoms with van der Waals surface area (Å²) < 4.78 is 5.55. The average molecular weight is 225 g/mol. The predicted octanol–water partition coefficient (Wildman–Crippen LogP) is 2.20. The van der Waals surface area contributed by atoms with E-state index in [1.54, 1.807) is 0 Å². The Labute approximate surface area is 97.8 Å². The lowest BCUT2D eigenvalue weighted by Crippen LogP contribution is -2.17. The maximum atomic E-state index is 5.55. The first-order valence-corrected chi connectivity index (χ1v) is 6.24. The molecule has 1 aromatic rings. The lowest BCUT2D eigenvalue weighted by Gasteiger charge is -2.00. The Bertz CT molecular complexity index is 284. The monoisotopic (exact) mass is 225 g/mol. The first kappa shape index (κ1) is 13.2. The van der Waals surface area contributed by atoms with Gasteiger partial charge in [0.2, 0.25) is 11.8 Å². The van der Waals surface area contributed by atoms with E-state index < -0.39 is 0 Å². The Hall–Kier alpha value is -0.900. The predicted molar refractivity (Wildman–Crippen MR) is 64.3 cm³/mol. The third-order valence-corrected chi connectivity index (χ3v) is 2.39. The van der Waals surface area contributed by atoms with Crippen LogP contribution in [0.4, 0.5) is 0 Å². The van der Waals surface area contributed by atoms with E-state index >= 15 is 0 Å². The largest absolute Gasteiger partial charge is 0.425 e. The van der Waals surface area contributed by atoms with Crippen molar-refractivity contribution in [3.05, 3.63) is 11.8 Å². The Morgan fingerprint density at radius 1 is 1.12 bits per heavy atom. The summed E-state index contributed by atoms with van der Waals surface area (Å²) in [6.07, 6.45) is 3.99. The Balaban J connectivity index is 2.22. The summed E-state index contributed by atoms with van der Waals surface area (Å²) in [6, 6.07) is 0. The number of rotatable bonds is 8. The third kappa shape index (κ3) is 5.26. The van der Waals surface area contributed by atoms with Crippen LogP contribution in [0.1, 0.15) is 45.4 Å². The van der Waals surface area contributed by atoms with Gasteiger partial charge in [0, 0.05) is 19.4 Å². The molecule has 0 aliphatic rings. The Morgan fingerprint density at radius 3 is 2.44 bits per heavy atom. The Morgan fingerprint density at radius 2 is 1.81 bits per heavy atom. The first-order chi connectivity index (χ1) is 7.72. The van der Waals surface area contributed by atoms with E-state index in [9.17, 15) is 0 Å². The van der Waals surface area contributed by atoms with Gasteiger partial charge in [-0.2, -0.15) is 0 Å². The normalized spacial score (nSPS) is 11.2. The zero-order valence-corrected chi connectivity index (χ0v) is 10.6. The lowest BCUT2D eigenvalue weighted by atomic mass is 10.1. The van der Waals surface area contributed by atoms with Crippen LogP contribution in [-0.4, -0.2) is 23.3 Å². The van der Waals surface area contributed by atoms with Crippen molar-refractivity contribution in [2.75, 3.05) is 13.1 Å². The van der Waals surface area contributed by atoms with E-state index in [0.29, 0.717) is 5.92 Å². The van der Waals surface area contributed by atoms with Crippen LogP contribution in [0.3, 0.4) is 0 Å². The molecule has 1 N–H and O–H groups in total. The molecule has 0 saturated carbocycles. The van der Waals surface area contributed by atoms with E-state index in [-0.39, 0.29) is 0 Å². The van der Waals surface area contributed by atoms with Gasteiger partial charge in [-0.05, 0) is 25.3 Å². The summed E-state index contributed by atoms with van der Waals surface area (Å²) in [4.78, 5) is 0. The molecule has 92 valence electrons. The standard InChI is InChI=1S/C12H23N3O/c1-4-8-13-9-7-12-15-14-11(16-12)6-5-10(2)3/h10,13H,4-9H2,1-3H3. The van der Waals surface area contributed by atoms with Crippen LogP contribution >= 0.6 is 0 Å². The molecule has 1 rings (SSSR count). The smallest absolute Gasteiger partial charge is 0.217 e. The molecule has 16 heavy (non-hydrogen) atoms. The van der Waals surface area contributed by atoms with E-state index in [4.69, 9.17) is 4.42 Å². The molecule has 4 heteroatoms. The molecular formula is C12H23N3O. The highest BCUT2D eigenvalue weighted by atomic mass is 16.4. The first-order valence-electron chi connectivity index (χ1n) is 6.24. The molecule has 0 saturated heterocycles. The number of nitrogens with zero attached hydrogens (tertiary/aromatic N) is 2. The Kier molecular flexibility index (Phi) is 6.08. The number of aromatic nitrogens is 2. The number of aryl methyl sites for hydroxylation is 1. The third-order valence-electron chi connectivity index (χ3n) is 2.39. The molecule has 1 aromatic heterocycles. The minimum Gasteiger partial charge on any atom is -0.425 e. The fourth-order valence-corrected chi connectivity index (χ4v) is 1.40. The number of nitrogens with one attached hydrogen (secondary N) is 1. The molecule has 0 unspecified atom stereocenters. The zero-order chi connectivity index (χ0) is 11.8. The van der Waals surface area contributed by atoms with Gasteiger partial charge in [-0.1, -0.05) is 20.8 Å². The second-order valence-electron chi connectivity index (χ2n) is 4.52. The number of hydrogen-bond donors (Lipinski definition) is 1. The van der Waals surface area contributed by atoms with E-state index in [1.165, 1.54) is 0 Å². The topological polar surface area (TPSA) is 51.0 Å². The van der Waals surface area contributed by atoms with Crippen LogP contribution in [0.25, 0.3) is 0 Å². The average Bonchev–Trinajstić information content (AvgIpc) is 2.70. The summed E-state index contributed by atoms with van der Waals surface area (Å²) >= 11 is 0. The van der Waals surface area contributed by atoms with Gasteiger partial charge in [-0.25, -0.2) is 0 Å². The fraction of sp³-hybridized carbons (Fsp3) is 0.833. The van der Waals surface area contributed by atoms with Crippen LogP contribution in [0.5, 0.6) is 0 Å². The highest BCUT2D eigenvalue weighted by Gasteiger charge is 2.06. The molecule has 0 aliphatic heterocycles. The fourth-order valence-electron chi connectivity index (χ4n) is 1.40. The van der Waals surface area contributed by atoms with Gasteiger partial charge in [-0.15, -0.1) is 10.2 Å². The van der Waals surface area contributed by atoms with Crippen molar-refractivity contribution in [3.63, 3.8) is 0 Å². The SMILES string of the molecule is CCCNCCc1nnc(CCC(C)C)o1. The van der Waals surface area contributed by atoms with Crippen molar-refractivity contribution in [1.29, 1.82) is 0 Å². The molecule has 0 radical (unpaired) electrons. The summed E-state index contributed by atoms with van der Waals surface area (Å²) in [6.45, 7) is 8.52. The van der Waals surface area contributed by atoms with E-state index in [1.807, 2.05) is 0 Å². The minimum atomic E-state index is 0.682. The van der Waals surface area contributed by atoms with Crippen molar-refractivity contribution in [3.8, 4) is 0 Å². The molecule has 0 spiro atoms. The van der Waals surface area contributed by atoms with Crippen molar-refractivity contribution in [2.45, 2.75) is 46.5 Å². The van der Waals surface area contributed by atoms with Gasteiger partial charge in [0.05, 0.1) is 0 Å². The molecule has 0 aliphatic carbocycles. The highest BCUT2D eigenvalue weighted by Crippen LogP contribution is 2.08. The number of hydrogen-bond acceptors (Lipinski definition) is 4. The van der Waals surface area contributed by atoms with Crippen LogP contribution in [0.2, 0.25) is 0 Å². The van der Waals surface area contributed by atoms with Gasteiger partial charge < -0.3 is 9.73 Å². The molecule has 0 amide bonds. The van der Waals surface area contributed by atoms with Crippen LogP contribution in [0.15, 0.2) is 4.42 Å². The molecular weight excluding hydrogens is 202 g/mol. The van der Waals surface area contributed by atoms with Crippen molar-refractivity contribution >= 4 is 0 Å². The lowest BCUT2D eigenvalue weighted by molar-refractivity contribution is 0.426. The van der Waals surface area contributed by atoms with Crippen molar-refractivity contribution < 1.29 is 4.42 Å². The molecule has 0 aromatic carbocycles. The summed E-state index contributed by atoms with van der Waals surface area (Å²) in [5.74, 6) is 2.21. The summed E-state index contributed by atoms with van der Waals surface area (Å²) in [5, 5.41) is 11.4. The second kappa shape index (κ2) is 7.39. The highest BCUT2D eigenvalue weighted by molar-refractivity contribution is 4.83. The van der Waals surface area contributed by atoms with E-state index in [2.05, 4.69) is 36.3 Å². The maximum absolute atomic E-state index is 5.55. The van der Waals surface area contributed by atoms with Gasteiger partial charge in [0.25, 0.3) is 0 Å². The summed E-state index contributed by atoms with van der Waals surface area (Å²) in [7, 11) is 0. The van der Waals surface area contributed by atoms with Crippen LogP contribution < -0.4 is 5.32 Å². The van der Waals surface area contributed by atoms with E-state index in [0.717, 1.165) is 50.6 Å². The maximum Gasteiger partial charge on any atom is 0.217 e. The van der Waals surface area contributed by atoms with Crippen molar-refractivity contribution in [2.24, 2.45) is 5.92 Å². The molecule has 0 fully saturated rings. The van der Waals surface area contributed by atoms with Gasteiger partial charge in [0.1, 0.15) is 0 Å². The van der Waals surface area contributed by atoms with Gasteiger partial charge in [-0.3, -0.25) is 0 Å². The summed E-state index contributed by atoms with van der Waals surface area (Å²) in [5.41, 5.74) is 0. The molecule has 0 atom stereocenters. The molecule has 1 heterocycles. The van der Waals surface area contributed by atoms with Gasteiger partial charge in [0.15, 0.2) is 0 Å². The van der Waals surface area contributed by atoms with Crippen LogP contribution in [-0.2, 0) is 12.8 Å². The quantitative estimate of drug-likeness (QED) is 0.689. The minimum absolute atomic E-state index is 0.682. The van der Waals surface area contributed by atoms with Crippen LogP contribution in [0, 0.1) is 5.92 Å². The van der Waals surface area contributed by atoms with Gasteiger partial charge >= 0.3 is 0 Å². The molecule has 4 nitrogen and oxygen atoms in total. The van der Waals surface area contributed by atoms with Crippen molar-refractivity contribution in [1.82, 2.24) is 15.5 Å².